The number of hydrogen-bond acceptors (Lipinski definition) is 2. The number of piperidine rings is 1. The number of anilines is 1. The first-order chi connectivity index (χ1) is 9.61. The SMILES string of the molecule is CCCN1CCCCC1C(=O)Nc1ccc(Br)cc1F. The highest BCUT2D eigenvalue weighted by atomic mass is 79.9. The molecule has 3 nitrogen and oxygen atoms in total. The zero-order valence-electron chi connectivity index (χ0n) is 11.7. The van der Waals surface area contributed by atoms with E-state index in [0.29, 0.717) is 4.47 Å². The van der Waals surface area contributed by atoms with Gasteiger partial charge in [-0.2, -0.15) is 0 Å². The maximum absolute atomic E-state index is 13.8. The van der Waals surface area contributed by atoms with Crippen molar-refractivity contribution < 1.29 is 9.18 Å². The summed E-state index contributed by atoms with van der Waals surface area (Å²) in [5.41, 5.74) is 0.250. The van der Waals surface area contributed by atoms with E-state index in [1.807, 2.05) is 0 Å². The molecule has 1 aliphatic rings. The van der Waals surface area contributed by atoms with Crippen molar-refractivity contribution in [2.45, 2.75) is 38.6 Å². The fraction of sp³-hybridized carbons (Fsp3) is 0.533. The molecule has 1 fully saturated rings. The largest absolute Gasteiger partial charge is 0.322 e. The summed E-state index contributed by atoms with van der Waals surface area (Å²) >= 11 is 3.21. The number of nitrogens with zero attached hydrogens (tertiary/aromatic N) is 1. The van der Waals surface area contributed by atoms with Crippen molar-refractivity contribution in [2.75, 3.05) is 18.4 Å². The summed E-state index contributed by atoms with van der Waals surface area (Å²) in [6, 6.07) is 4.54. The molecule has 1 unspecified atom stereocenters. The smallest absolute Gasteiger partial charge is 0.241 e. The minimum Gasteiger partial charge on any atom is -0.322 e. The van der Waals surface area contributed by atoms with Gasteiger partial charge in [-0.05, 0) is 50.6 Å². The second-order valence-electron chi connectivity index (χ2n) is 5.16. The fourth-order valence-corrected chi connectivity index (χ4v) is 2.98. The molecule has 1 N–H and O–H groups in total. The molecular formula is C15H20BrFN2O. The molecule has 1 amide bonds. The van der Waals surface area contributed by atoms with Crippen molar-refractivity contribution >= 4 is 27.5 Å². The summed E-state index contributed by atoms with van der Waals surface area (Å²) < 4.78 is 14.4. The summed E-state index contributed by atoms with van der Waals surface area (Å²) in [6.45, 7) is 3.98. The Balaban J connectivity index is 2.05. The van der Waals surface area contributed by atoms with E-state index in [1.165, 1.54) is 6.07 Å². The molecule has 1 aromatic carbocycles. The Hall–Kier alpha value is -0.940. The number of carbonyl (C=O) groups excluding carboxylic acids is 1. The zero-order chi connectivity index (χ0) is 14.5. The number of carbonyl (C=O) groups is 1. The first-order valence-corrected chi connectivity index (χ1v) is 7.91. The molecule has 0 bridgehead atoms. The lowest BCUT2D eigenvalue weighted by Crippen LogP contribution is -2.47. The number of benzene rings is 1. The predicted octanol–water partition coefficient (Wildman–Crippen LogP) is 3.79. The third kappa shape index (κ3) is 3.79. The van der Waals surface area contributed by atoms with Gasteiger partial charge in [-0.1, -0.05) is 29.3 Å². The van der Waals surface area contributed by atoms with Crippen LogP contribution >= 0.6 is 15.9 Å². The Morgan fingerprint density at radius 2 is 2.30 bits per heavy atom. The molecule has 1 atom stereocenters. The van der Waals surface area contributed by atoms with E-state index in [2.05, 4.69) is 33.1 Å². The van der Waals surface area contributed by atoms with Crippen molar-refractivity contribution in [1.82, 2.24) is 4.90 Å². The highest BCUT2D eigenvalue weighted by Crippen LogP contribution is 2.22. The van der Waals surface area contributed by atoms with Crippen LogP contribution < -0.4 is 5.32 Å². The van der Waals surface area contributed by atoms with Crippen LogP contribution in [0.15, 0.2) is 22.7 Å². The third-order valence-corrected chi connectivity index (χ3v) is 4.11. The van der Waals surface area contributed by atoms with Gasteiger partial charge in [0.1, 0.15) is 5.82 Å². The van der Waals surface area contributed by atoms with Crippen LogP contribution in [0.2, 0.25) is 0 Å². The van der Waals surface area contributed by atoms with Gasteiger partial charge in [-0.25, -0.2) is 4.39 Å². The van der Waals surface area contributed by atoms with Gasteiger partial charge in [0.2, 0.25) is 5.91 Å². The lowest BCUT2D eigenvalue weighted by molar-refractivity contribution is -0.122. The standard InChI is InChI=1S/C15H20BrFN2O/c1-2-8-19-9-4-3-5-14(19)15(20)18-13-7-6-11(16)10-12(13)17/h6-7,10,14H,2-5,8-9H2,1H3,(H,18,20). The number of nitrogens with one attached hydrogen (secondary N) is 1. The molecule has 0 aliphatic carbocycles. The Morgan fingerprint density at radius 3 is 3.00 bits per heavy atom. The number of halogens is 2. The van der Waals surface area contributed by atoms with Gasteiger partial charge in [-0.3, -0.25) is 9.69 Å². The molecule has 5 heteroatoms. The normalized spacial score (nSPS) is 19.9. The summed E-state index contributed by atoms with van der Waals surface area (Å²) in [5.74, 6) is -0.509. The molecule has 0 aromatic heterocycles. The van der Waals surface area contributed by atoms with Crippen LogP contribution in [-0.4, -0.2) is 29.9 Å². The van der Waals surface area contributed by atoms with Crippen LogP contribution in [-0.2, 0) is 4.79 Å². The van der Waals surface area contributed by atoms with Crippen LogP contribution in [0.4, 0.5) is 10.1 Å². The quantitative estimate of drug-likeness (QED) is 0.902. The predicted molar refractivity (Wildman–Crippen MR) is 82.2 cm³/mol. The zero-order valence-corrected chi connectivity index (χ0v) is 13.2. The van der Waals surface area contributed by atoms with Crippen LogP contribution in [0.1, 0.15) is 32.6 Å². The minimum absolute atomic E-state index is 0.0978. The van der Waals surface area contributed by atoms with Crippen LogP contribution in [0.5, 0.6) is 0 Å². The summed E-state index contributed by atoms with van der Waals surface area (Å²) in [5, 5.41) is 2.72. The average molecular weight is 343 g/mol. The lowest BCUT2D eigenvalue weighted by Gasteiger charge is -2.34. The summed E-state index contributed by atoms with van der Waals surface area (Å²) in [7, 11) is 0. The molecule has 0 radical (unpaired) electrons. The van der Waals surface area contributed by atoms with Crippen molar-refractivity contribution in [3.8, 4) is 0 Å². The van der Waals surface area contributed by atoms with Gasteiger partial charge < -0.3 is 5.32 Å². The van der Waals surface area contributed by atoms with Crippen molar-refractivity contribution in [3.05, 3.63) is 28.5 Å². The topological polar surface area (TPSA) is 32.3 Å². The Morgan fingerprint density at radius 1 is 1.50 bits per heavy atom. The molecule has 0 saturated carbocycles. The van der Waals surface area contributed by atoms with Crippen LogP contribution in [0, 0.1) is 5.82 Å². The Labute approximate surface area is 127 Å². The molecule has 2 rings (SSSR count). The number of likely N-dealkylation sites (tertiary alicyclic amines) is 1. The molecule has 1 aromatic rings. The maximum atomic E-state index is 13.8. The van der Waals surface area contributed by atoms with Gasteiger partial charge in [0.05, 0.1) is 11.7 Å². The van der Waals surface area contributed by atoms with Gasteiger partial charge in [0.15, 0.2) is 0 Å². The summed E-state index contributed by atoms with van der Waals surface area (Å²) in [4.78, 5) is 14.6. The Bertz CT molecular complexity index is 479. The average Bonchev–Trinajstić information content (AvgIpc) is 2.43. The number of hydrogen-bond donors (Lipinski definition) is 1. The number of rotatable bonds is 4. The van der Waals surface area contributed by atoms with E-state index in [0.717, 1.165) is 38.8 Å². The molecule has 0 spiro atoms. The Kier molecular flexibility index (Phi) is 5.54. The molecule has 110 valence electrons. The van der Waals surface area contributed by atoms with Crippen molar-refractivity contribution in [1.29, 1.82) is 0 Å². The monoisotopic (exact) mass is 342 g/mol. The van der Waals surface area contributed by atoms with Gasteiger partial charge in [-0.15, -0.1) is 0 Å². The van der Waals surface area contributed by atoms with Crippen LogP contribution in [0.25, 0.3) is 0 Å². The van der Waals surface area contributed by atoms with E-state index >= 15 is 0 Å². The highest BCUT2D eigenvalue weighted by Gasteiger charge is 2.28. The first-order valence-electron chi connectivity index (χ1n) is 7.11. The number of amides is 1. The van der Waals surface area contributed by atoms with Gasteiger partial charge >= 0.3 is 0 Å². The molecule has 1 saturated heterocycles. The maximum Gasteiger partial charge on any atom is 0.241 e. The summed E-state index contributed by atoms with van der Waals surface area (Å²) in [6.07, 6.45) is 4.07. The van der Waals surface area contributed by atoms with E-state index in [-0.39, 0.29) is 17.6 Å². The second-order valence-corrected chi connectivity index (χ2v) is 6.08. The van der Waals surface area contributed by atoms with E-state index in [1.54, 1.807) is 12.1 Å². The highest BCUT2D eigenvalue weighted by molar-refractivity contribution is 9.10. The fourth-order valence-electron chi connectivity index (χ4n) is 2.65. The second kappa shape index (κ2) is 7.18. The lowest BCUT2D eigenvalue weighted by atomic mass is 10.0. The molecule has 20 heavy (non-hydrogen) atoms. The molecular weight excluding hydrogens is 323 g/mol. The molecule has 1 heterocycles. The van der Waals surface area contributed by atoms with E-state index in [9.17, 15) is 9.18 Å². The van der Waals surface area contributed by atoms with E-state index < -0.39 is 5.82 Å². The van der Waals surface area contributed by atoms with Gasteiger partial charge in [0, 0.05) is 4.47 Å². The van der Waals surface area contributed by atoms with Crippen molar-refractivity contribution in [2.24, 2.45) is 0 Å². The minimum atomic E-state index is -0.412. The van der Waals surface area contributed by atoms with E-state index in [4.69, 9.17) is 0 Å². The van der Waals surface area contributed by atoms with Crippen molar-refractivity contribution in [3.63, 3.8) is 0 Å². The van der Waals surface area contributed by atoms with Crippen LogP contribution in [0.3, 0.4) is 0 Å². The molecule has 1 aliphatic heterocycles. The van der Waals surface area contributed by atoms with Gasteiger partial charge in [0.25, 0.3) is 0 Å². The third-order valence-electron chi connectivity index (χ3n) is 3.62. The first kappa shape index (κ1) is 15.4.